The van der Waals surface area contributed by atoms with Crippen LogP contribution < -0.4 is 0 Å². The number of hydrogen-bond donors (Lipinski definition) is 1. The topological polar surface area (TPSA) is 70.5 Å². The third-order valence-electron chi connectivity index (χ3n) is 2.78. The molecule has 1 aliphatic heterocycles. The summed E-state index contributed by atoms with van der Waals surface area (Å²) >= 11 is 0.954. The van der Waals surface area contributed by atoms with Crippen LogP contribution in [0.4, 0.5) is 13.2 Å². The number of thiazole rings is 1. The molecule has 0 aliphatic carbocycles. The Balaban J connectivity index is 2.23. The fourth-order valence-corrected chi connectivity index (χ4v) is 2.91. The smallest absolute Gasteiger partial charge is 0.471 e. The van der Waals surface area contributed by atoms with Crippen LogP contribution in [0, 0.1) is 0 Å². The van der Waals surface area contributed by atoms with Crippen molar-refractivity contribution in [2.75, 3.05) is 6.54 Å². The van der Waals surface area contributed by atoms with E-state index in [0.29, 0.717) is 17.7 Å². The second-order valence-electron chi connectivity index (χ2n) is 4.03. The average Bonchev–Trinajstić information content (AvgIpc) is 2.95. The lowest BCUT2D eigenvalue weighted by atomic mass is 10.2. The van der Waals surface area contributed by atoms with Gasteiger partial charge in [0.25, 0.3) is 0 Å². The van der Waals surface area contributed by atoms with E-state index in [4.69, 9.17) is 5.11 Å². The van der Waals surface area contributed by atoms with Gasteiger partial charge in [-0.3, -0.25) is 4.79 Å². The maximum Gasteiger partial charge on any atom is 0.471 e. The normalized spacial score (nSPS) is 19.7. The van der Waals surface area contributed by atoms with Gasteiger partial charge in [-0.25, -0.2) is 9.78 Å². The zero-order valence-electron chi connectivity index (χ0n) is 9.48. The Hall–Kier alpha value is -1.64. The molecule has 1 atom stereocenters. The molecule has 0 saturated carbocycles. The summed E-state index contributed by atoms with van der Waals surface area (Å²) in [6.45, 7) is 0.00496. The molecule has 9 heteroatoms. The largest absolute Gasteiger partial charge is 0.476 e. The van der Waals surface area contributed by atoms with Gasteiger partial charge in [0.2, 0.25) is 0 Å². The molecule has 0 spiro atoms. The Morgan fingerprint density at radius 3 is 2.68 bits per heavy atom. The van der Waals surface area contributed by atoms with Crippen molar-refractivity contribution in [1.82, 2.24) is 9.88 Å². The van der Waals surface area contributed by atoms with Gasteiger partial charge in [-0.2, -0.15) is 13.2 Å². The molecular weight excluding hydrogens is 285 g/mol. The van der Waals surface area contributed by atoms with Gasteiger partial charge in [0, 0.05) is 11.9 Å². The summed E-state index contributed by atoms with van der Waals surface area (Å²) in [5.74, 6) is -3.14. The maximum absolute atomic E-state index is 12.4. The van der Waals surface area contributed by atoms with E-state index in [1.165, 1.54) is 5.38 Å². The molecule has 0 bridgehead atoms. The lowest BCUT2D eigenvalue weighted by Crippen LogP contribution is -2.40. The Labute approximate surface area is 109 Å². The summed E-state index contributed by atoms with van der Waals surface area (Å²) in [5.41, 5.74) is -0.216. The molecule has 1 amide bonds. The molecule has 2 heterocycles. The van der Waals surface area contributed by atoms with E-state index < -0.39 is 24.1 Å². The van der Waals surface area contributed by atoms with Crippen molar-refractivity contribution < 1.29 is 27.9 Å². The molecule has 1 aromatic rings. The van der Waals surface area contributed by atoms with Crippen LogP contribution in [0.1, 0.15) is 34.4 Å². The number of amides is 1. The zero-order valence-corrected chi connectivity index (χ0v) is 10.3. The number of carbonyl (C=O) groups excluding carboxylic acids is 1. The van der Waals surface area contributed by atoms with Gasteiger partial charge < -0.3 is 10.0 Å². The molecule has 5 nitrogen and oxygen atoms in total. The molecule has 1 aliphatic rings. The van der Waals surface area contributed by atoms with Gasteiger partial charge in [0.15, 0.2) is 5.69 Å². The number of carbonyl (C=O) groups is 2. The van der Waals surface area contributed by atoms with Crippen molar-refractivity contribution in [3.63, 3.8) is 0 Å². The number of aromatic carboxylic acids is 1. The molecule has 104 valence electrons. The molecule has 1 N–H and O–H groups in total. The molecule has 1 saturated heterocycles. The summed E-state index contributed by atoms with van der Waals surface area (Å²) in [7, 11) is 0. The highest BCUT2D eigenvalue weighted by Crippen LogP contribution is 2.36. The van der Waals surface area contributed by atoms with Gasteiger partial charge in [0.1, 0.15) is 5.01 Å². The van der Waals surface area contributed by atoms with E-state index in [-0.39, 0.29) is 17.2 Å². The molecule has 19 heavy (non-hydrogen) atoms. The van der Waals surface area contributed by atoms with Crippen molar-refractivity contribution in [2.45, 2.75) is 25.1 Å². The SMILES string of the molecule is O=C(O)c1csc(C2CCCN2C(=O)C(F)(F)F)n1. The molecule has 1 fully saturated rings. The third-order valence-corrected chi connectivity index (χ3v) is 3.73. The summed E-state index contributed by atoms with van der Waals surface area (Å²) in [4.78, 5) is 26.4. The van der Waals surface area contributed by atoms with E-state index >= 15 is 0 Å². The second kappa shape index (κ2) is 4.80. The number of halogens is 3. The fraction of sp³-hybridized carbons (Fsp3) is 0.500. The Kier molecular flexibility index (Phi) is 3.48. The molecule has 0 aromatic carbocycles. The quantitative estimate of drug-likeness (QED) is 0.906. The van der Waals surface area contributed by atoms with Crippen LogP contribution in [0.15, 0.2) is 5.38 Å². The van der Waals surface area contributed by atoms with Gasteiger partial charge in [-0.15, -0.1) is 11.3 Å². The van der Waals surface area contributed by atoms with Crippen LogP contribution in [0.3, 0.4) is 0 Å². The predicted molar refractivity (Wildman–Crippen MR) is 58.8 cm³/mol. The third kappa shape index (κ3) is 2.70. The molecule has 2 rings (SSSR count). The first kappa shape index (κ1) is 13.8. The highest BCUT2D eigenvalue weighted by Gasteiger charge is 2.46. The number of carboxylic acid groups (broad SMARTS) is 1. The highest BCUT2D eigenvalue weighted by atomic mass is 32.1. The van der Waals surface area contributed by atoms with Crippen LogP contribution in [-0.2, 0) is 4.79 Å². The first-order chi connectivity index (χ1) is 8.80. The van der Waals surface area contributed by atoms with Crippen molar-refractivity contribution in [3.05, 3.63) is 16.1 Å². The van der Waals surface area contributed by atoms with E-state index in [1.54, 1.807) is 0 Å². The van der Waals surface area contributed by atoms with Crippen LogP contribution in [0.5, 0.6) is 0 Å². The molecule has 1 unspecified atom stereocenters. The van der Waals surface area contributed by atoms with Crippen molar-refractivity contribution in [2.24, 2.45) is 0 Å². The maximum atomic E-state index is 12.4. The molecule has 0 radical (unpaired) electrons. The zero-order chi connectivity index (χ0) is 14.2. The average molecular weight is 294 g/mol. The van der Waals surface area contributed by atoms with E-state index in [2.05, 4.69) is 4.98 Å². The number of nitrogens with zero attached hydrogens (tertiary/aromatic N) is 2. The predicted octanol–water partition coefficient (Wildman–Crippen LogP) is 2.07. The standard InChI is InChI=1S/C10H9F3N2O3S/c11-10(12,13)9(18)15-3-1-2-6(15)7-14-5(4-19-7)8(16)17/h4,6H,1-3H2,(H,16,17). The molecular formula is C10H9F3N2O3S. The number of carboxylic acids is 1. The van der Waals surface area contributed by atoms with E-state index in [1.807, 2.05) is 0 Å². The lowest BCUT2D eigenvalue weighted by Gasteiger charge is -2.23. The highest BCUT2D eigenvalue weighted by molar-refractivity contribution is 7.09. The van der Waals surface area contributed by atoms with E-state index in [9.17, 15) is 22.8 Å². The monoisotopic (exact) mass is 294 g/mol. The van der Waals surface area contributed by atoms with Crippen LogP contribution in [0.25, 0.3) is 0 Å². The van der Waals surface area contributed by atoms with Gasteiger partial charge >= 0.3 is 18.1 Å². The van der Waals surface area contributed by atoms with Crippen LogP contribution in [0.2, 0.25) is 0 Å². The number of hydrogen-bond acceptors (Lipinski definition) is 4. The van der Waals surface area contributed by atoms with Gasteiger partial charge in [0.05, 0.1) is 6.04 Å². The fourth-order valence-electron chi connectivity index (χ4n) is 1.97. The van der Waals surface area contributed by atoms with Gasteiger partial charge in [-0.1, -0.05) is 0 Å². The Morgan fingerprint density at radius 2 is 2.16 bits per heavy atom. The minimum atomic E-state index is -4.92. The Morgan fingerprint density at radius 1 is 1.47 bits per heavy atom. The molecule has 1 aromatic heterocycles. The second-order valence-corrected chi connectivity index (χ2v) is 4.92. The van der Waals surface area contributed by atoms with E-state index in [0.717, 1.165) is 11.3 Å². The first-order valence-electron chi connectivity index (χ1n) is 5.37. The van der Waals surface area contributed by atoms with Crippen molar-refractivity contribution in [1.29, 1.82) is 0 Å². The van der Waals surface area contributed by atoms with Crippen LogP contribution >= 0.6 is 11.3 Å². The van der Waals surface area contributed by atoms with Crippen molar-refractivity contribution in [3.8, 4) is 0 Å². The number of likely N-dealkylation sites (tertiary alicyclic amines) is 1. The Bertz CT molecular complexity index is 514. The minimum absolute atomic E-state index is 0.00496. The summed E-state index contributed by atoms with van der Waals surface area (Å²) < 4.78 is 37.3. The number of aromatic nitrogens is 1. The number of alkyl halides is 3. The summed E-state index contributed by atoms with van der Waals surface area (Å²) in [5, 5.41) is 10.2. The number of rotatable bonds is 2. The van der Waals surface area contributed by atoms with Crippen LogP contribution in [-0.4, -0.2) is 39.6 Å². The lowest BCUT2D eigenvalue weighted by molar-refractivity contribution is -0.186. The van der Waals surface area contributed by atoms with Gasteiger partial charge in [-0.05, 0) is 12.8 Å². The van der Waals surface area contributed by atoms with Crippen molar-refractivity contribution >= 4 is 23.2 Å². The minimum Gasteiger partial charge on any atom is -0.476 e. The summed E-state index contributed by atoms with van der Waals surface area (Å²) in [6.07, 6.45) is -4.13. The summed E-state index contributed by atoms with van der Waals surface area (Å²) in [6, 6.07) is -0.785. The first-order valence-corrected chi connectivity index (χ1v) is 6.25.